The van der Waals surface area contributed by atoms with E-state index in [1.165, 1.54) is 5.56 Å². The Bertz CT molecular complexity index is 2490. The van der Waals surface area contributed by atoms with Gasteiger partial charge in [0.2, 0.25) is 0 Å². The van der Waals surface area contributed by atoms with Crippen molar-refractivity contribution in [3.8, 4) is 11.4 Å². The first kappa shape index (κ1) is 31.3. The maximum atomic E-state index is 5.32. The fourth-order valence-corrected chi connectivity index (χ4v) is 7.30. The Labute approximate surface area is 304 Å². The van der Waals surface area contributed by atoms with Crippen molar-refractivity contribution in [3.05, 3.63) is 193 Å². The molecular formula is C47H37N5. The molecular weight excluding hydrogens is 635 g/mol. The molecule has 0 saturated heterocycles. The van der Waals surface area contributed by atoms with Crippen LogP contribution in [0.2, 0.25) is 0 Å². The first-order valence-electron chi connectivity index (χ1n) is 17.8. The molecule has 0 radical (unpaired) electrons. The highest BCUT2D eigenvalue weighted by Crippen LogP contribution is 2.53. The molecule has 8 aromatic rings. The summed E-state index contributed by atoms with van der Waals surface area (Å²) >= 11 is 0. The number of para-hydroxylation sites is 5. The molecule has 0 bridgehead atoms. The zero-order chi connectivity index (χ0) is 35.0. The summed E-state index contributed by atoms with van der Waals surface area (Å²) in [6.45, 7) is 4.35. The van der Waals surface area contributed by atoms with Crippen LogP contribution in [0.4, 0.5) is 39.8 Å². The maximum absolute atomic E-state index is 5.32. The normalized spacial score (nSPS) is 13.2. The lowest BCUT2D eigenvalue weighted by Gasteiger charge is -2.40. The van der Waals surface area contributed by atoms with Crippen LogP contribution in [0.15, 0.2) is 181 Å². The van der Waals surface area contributed by atoms with Crippen molar-refractivity contribution in [2.24, 2.45) is 4.99 Å². The summed E-state index contributed by atoms with van der Waals surface area (Å²) in [5, 5.41) is 0. The SMILES string of the molecule is Cc1cc2nc(-c3ccc(N4c5ccccc5N(c5ccccc5)c5ccccc54)cc3)[nH]c2cc1N=C(c1ccccc1)C(C)c1ccccc1. The molecule has 1 aliphatic heterocycles. The van der Waals surface area contributed by atoms with E-state index in [2.05, 4.69) is 198 Å². The molecule has 1 aliphatic rings. The zero-order valence-corrected chi connectivity index (χ0v) is 29.1. The van der Waals surface area contributed by atoms with Crippen LogP contribution >= 0.6 is 0 Å². The van der Waals surface area contributed by atoms with Gasteiger partial charge in [-0.2, -0.15) is 0 Å². The van der Waals surface area contributed by atoms with Gasteiger partial charge in [-0.3, -0.25) is 4.99 Å². The number of fused-ring (bicyclic) bond motifs is 3. The fraction of sp³-hybridized carbons (Fsp3) is 0.0638. The standard InChI is InChI=1S/C47H37N5/c1-32-30-40-41(31-39(32)48-46(35-18-8-4-9-19-35)33(2)34-16-6-3-7-17-34)50-47(49-40)36-26-28-38(29-27-36)52-44-24-14-12-22-42(44)51(37-20-10-5-11-21-37)43-23-13-15-25-45(43)52/h3-31,33H,1-2H3,(H,49,50). The van der Waals surface area contributed by atoms with Crippen molar-refractivity contribution in [1.29, 1.82) is 0 Å². The van der Waals surface area contributed by atoms with E-state index < -0.39 is 0 Å². The van der Waals surface area contributed by atoms with Gasteiger partial charge in [-0.25, -0.2) is 4.98 Å². The van der Waals surface area contributed by atoms with E-state index in [9.17, 15) is 0 Å². The number of hydrogen-bond acceptors (Lipinski definition) is 4. The van der Waals surface area contributed by atoms with Crippen LogP contribution in [0, 0.1) is 6.92 Å². The van der Waals surface area contributed by atoms with Gasteiger partial charge in [-0.05, 0) is 96.4 Å². The average molecular weight is 672 g/mol. The van der Waals surface area contributed by atoms with Crippen molar-refractivity contribution in [2.75, 3.05) is 9.80 Å². The van der Waals surface area contributed by atoms with E-state index >= 15 is 0 Å². The second-order valence-corrected chi connectivity index (χ2v) is 13.3. The van der Waals surface area contributed by atoms with Crippen LogP contribution in [0.25, 0.3) is 22.4 Å². The number of aromatic nitrogens is 2. The number of aromatic amines is 1. The number of aliphatic imine (C=N–C) groups is 1. The molecule has 1 atom stereocenters. The maximum Gasteiger partial charge on any atom is 0.138 e. The average Bonchev–Trinajstić information content (AvgIpc) is 3.62. The molecule has 5 heteroatoms. The summed E-state index contributed by atoms with van der Waals surface area (Å²) in [6.07, 6.45) is 0. The number of rotatable bonds is 7. The molecule has 1 N–H and O–H groups in total. The Morgan fingerprint density at radius 1 is 0.577 bits per heavy atom. The van der Waals surface area contributed by atoms with Gasteiger partial charge in [0.1, 0.15) is 5.82 Å². The molecule has 7 aromatic carbocycles. The highest BCUT2D eigenvalue weighted by Gasteiger charge is 2.30. The molecule has 5 nitrogen and oxygen atoms in total. The van der Waals surface area contributed by atoms with Crippen molar-refractivity contribution in [3.63, 3.8) is 0 Å². The van der Waals surface area contributed by atoms with Gasteiger partial charge >= 0.3 is 0 Å². The number of imidazole rings is 1. The summed E-state index contributed by atoms with van der Waals surface area (Å²) in [5.74, 6) is 0.951. The van der Waals surface area contributed by atoms with Crippen molar-refractivity contribution in [1.82, 2.24) is 9.97 Å². The van der Waals surface area contributed by atoms with Gasteiger partial charge in [0, 0.05) is 22.9 Å². The monoisotopic (exact) mass is 671 g/mol. The smallest absolute Gasteiger partial charge is 0.138 e. The highest BCUT2D eigenvalue weighted by molar-refractivity contribution is 6.07. The largest absolute Gasteiger partial charge is 0.338 e. The highest BCUT2D eigenvalue weighted by atomic mass is 15.3. The molecule has 0 saturated carbocycles. The number of anilines is 6. The van der Waals surface area contributed by atoms with Crippen LogP contribution in [0.1, 0.15) is 29.5 Å². The number of H-pyrrole nitrogens is 1. The minimum atomic E-state index is 0.120. The third-order valence-electron chi connectivity index (χ3n) is 9.96. The molecule has 1 aromatic heterocycles. The van der Waals surface area contributed by atoms with Crippen LogP contribution in [-0.4, -0.2) is 15.7 Å². The quantitative estimate of drug-likeness (QED) is 0.172. The number of nitrogens with one attached hydrogen (secondary N) is 1. The molecule has 2 heterocycles. The summed E-state index contributed by atoms with van der Waals surface area (Å²) < 4.78 is 0. The summed E-state index contributed by atoms with van der Waals surface area (Å²) in [5.41, 5.74) is 15.1. The first-order valence-corrected chi connectivity index (χ1v) is 17.8. The van der Waals surface area contributed by atoms with E-state index in [0.29, 0.717) is 0 Å². The first-order chi connectivity index (χ1) is 25.6. The summed E-state index contributed by atoms with van der Waals surface area (Å²) in [7, 11) is 0. The summed E-state index contributed by atoms with van der Waals surface area (Å²) in [6, 6.07) is 61.8. The molecule has 52 heavy (non-hydrogen) atoms. The van der Waals surface area contributed by atoms with Gasteiger partial charge in [-0.15, -0.1) is 0 Å². The number of nitrogens with zero attached hydrogens (tertiary/aromatic N) is 4. The van der Waals surface area contributed by atoms with Crippen LogP contribution < -0.4 is 9.80 Å². The fourth-order valence-electron chi connectivity index (χ4n) is 7.30. The summed E-state index contributed by atoms with van der Waals surface area (Å²) in [4.78, 5) is 18.7. The molecule has 0 fully saturated rings. The molecule has 0 amide bonds. The molecule has 1 unspecified atom stereocenters. The lowest BCUT2D eigenvalue weighted by Crippen LogP contribution is -2.23. The van der Waals surface area contributed by atoms with Crippen LogP contribution in [-0.2, 0) is 0 Å². The van der Waals surface area contributed by atoms with Crippen molar-refractivity contribution in [2.45, 2.75) is 19.8 Å². The van der Waals surface area contributed by atoms with E-state index in [4.69, 9.17) is 9.98 Å². The topological polar surface area (TPSA) is 47.5 Å². The van der Waals surface area contributed by atoms with E-state index in [1.54, 1.807) is 0 Å². The van der Waals surface area contributed by atoms with Crippen LogP contribution in [0.5, 0.6) is 0 Å². The lowest BCUT2D eigenvalue weighted by atomic mass is 9.91. The van der Waals surface area contributed by atoms with Gasteiger partial charge in [0.25, 0.3) is 0 Å². The third kappa shape index (κ3) is 5.62. The van der Waals surface area contributed by atoms with Gasteiger partial charge in [-0.1, -0.05) is 110 Å². The molecule has 0 aliphatic carbocycles. The molecule has 0 spiro atoms. The van der Waals surface area contributed by atoms with Crippen molar-refractivity contribution < 1.29 is 0 Å². The van der Waals surface area contributed by atoms with Gasteiger partial charge in [0.05, 0.1) is 45.2 Å². The van der Waals surface area contributed by atoms with E-state index in [0.717, 1.165) is 79.1 Å². The Hall–Kier alpha value is -6.72. The van der Waals surface area contributed by atoms with Gasteiger partial charge < -0.3 is 14.8 Å². The zero-order valence-electron chi connectivity index (χ0n) is 29.1. The Morgan fingerprint density at radius 3 is 1.65 bits per heavy atom. The predicted octanol–water partition coefficient (Wildman–Crippen LogP) is 12.7. The Balaban J connectivity index is 1.07. The third-order valence-corrected chi connectivity index (χ3v) is 9.96. The molecule has 9 rings (SSSR count). The second-order valence-electron chi connectivity index (χ2n) is 13.3. The number of benzene rings is 7. The Kier molecular flexibility index (Phi) is 7.94. The molecule has 250 valence electrons. The Morgan fingerprint density at radius 2 is 1.08 bits per heavy atom. The predicted molar refractivity (Wildman–Crippen MR) is 217 cm³/mol. The second kappa shape index (κ2) is 13.2. The number of hydrogen-bond donors (Lipinski definition) is 1. The van der Waals surface area contributed by atoms with Crippen molar-refractivity contribution >= 4 is 56.6 Å². The minimum Gasteiger partial charge on any atom is -0.338 e. The van der Waals surface area contributed by atoms with E-state index in [1.807, 2.05) is 6.07 Å². The van der Waals surface area contributed by atoms with Gasteiger partial charge in [0.15, 0.2) is 0 Å². The lowest BCUT2D eigenvalue weighted by molar-refractivity contribution is 1.02. The number of aryl methyl sites for hydroxylation is 1. The van der Waals surface area contributed by atoms with E-state index in [-0.39, 0.29) is 5.92 Å². The minimum absolute atomic E-state index is 0.120. The van der Waals surface area contributed by atoms with Crippen LogP contribution in [0.3, 0.4) is 0 Å².